The maximum absolute atomic E-state index is 5.78. The normalized spacial score (nSPS) is 10.3. The fourth-order valence-corrected chi connectivity index (χ4v) is 1.44. The van der Waals surface area contributed by atoms with Gasteiger partial charge in [-0.1, -0.05) is 17.7 Å². The minimum atomic E-state index is 0.397. The minimum absolute atomic E-state index is 0.397. The maximum Gasteiger partial charge on any atom is 0.133 e. The first kappa shape index (κ1) is 10.0. The van der Waals surface area contributed by atoms with E-state index in [0.717, 1.165) is 11.3 Å². The lowest BCUT2D eigenvalue weighted by Crippen LogP contribution is -2.01. The van der Waals surface area contributed by atoms with Crippen LogP contribution in [0.15, 0.2) is 30.7 Å². The van der Waals surface area contributed by atoms with Gasteiger partial charge in [-0.2, -0.15) is 0 Å². The van der Waals surface area contributed by atoms with Gasteiger partial charge >= 0.3 is 0 Å². The number of nitrogens with two attached hydrogens (primary N) is 1. The van der Waals surface area contributed by atoms with Crippen molar-refractivity contribution in [2.45, 2.75) is 6.54 Å². The molecule has 0 fully saturated rings. The van der Waals surface area contributed by atoms with Crippen LogP contribution >= 0.6 is 11.6 Å². The Hall–Kier alpha value is -1.52. The summed E-state index contributed by atoms with van der Waals surface area (Å²) in [5.41, 5.74) is 7.99. The van der Waals surface area contributed by atoms with Crippen LogP contribution in [0, 0.1) is 0 Å². The van der Waals surface area contributed by atoms with E-state index < -0.39 is 0 Å². The second kappa shape index (κ2) is 4.33. The zero-order valence-corrected chi connectivity index (χ0v) is 8.65. The average molecular weight is 221 g/mol. The molecule has 0 atom stereocenters. The number of rotatable bonds is 2. The van der Waals surface area contributed by atoms with E-state index in [9.17, 15) is 0 Å². The molecule has 2 aromatic rings. The highest BCUT2D eigenvalue weighted by Crippen LogP contribution is 2.19. The van der Waals surface area contributed by atoms with Gasteiger partial charge < -0.3 is 5.73 Å². The molecule has 0 aliphatic carbocycles. The zero-order chi connectivity index (χ0) is 10.7. The van der Waals surface area contributed by atoms with Crippen LogP contribution < -0.4 is 5.73 Å². The molecule has 0 unspecified atom stereocenters. The smallest absolute Gasteiger partial charge is 0.133 e. The highest BCUT2D eigenvalue weighted by Gasteiger charge is 2.06. The SMILES string of the molecule is NCc1cccnc1-c1cc(Cl)ncn1. The summed E-state index contributed by atoms with van der Waals surface area (Å²) in [4.78, 5) is 12.2. The summed E-state index contributed by atoms with van der Waals surface area (Å²) in [6.45, 7) is 0.421. The fraction of sp³-hybridized carbons (Fsp3) is 0.100. The van der Waals surface area contributed by atoms with Crippen LogP contribution in [-0.4, -0.2) is 15.0 Å². The molecule has 2 aromatic heterocycles. The van der Waals surface area contributed by atoms with Crippen LogP contribution in [0.25, 0.3) is 11.4 Å². The molecule has 0 aliphatic rings. The maximum atomic E-state index is 5.78. The first-order valence-electron chi connectivity index (χ1n) is 4.43. The van der Waals surface area contributed by atoms with Gasteiger partial charge in [0.05, 0.1) is 11.4 Å². The van der Waals surface area contributed by atoms with Crippen molar-refractivity contribution in [3.63, 3.8) is 0 Å². The molecule has 0 radical (unpaired) electrons. The number of pyridine rings is 1. The molecule has 0 saturated carbocycles. The first-order chi connectivity index (χ1) is 7.31. The average Bonchev–Trinajstić information content (AvgIpc) is 2.29. The van der Waals surface area contributed by atoms with Gasteiger partial charge in [0.25, 0.3) is 0 Å². The molecule has 4 nitrogen and oxygen atoms in total. The van der Waals surface area contributed by atoms with E-state index in [1.54, 1.807) is 12.3 Å². The summed E-state index contributed by atoms with van der Waals surface area (Å²) in [7, 11) is 0. The predicted molar refractivity (Wildman–Crippen MR) is 58.2 cm³/mol. The van der Waals surface area contributed by atoms with Gasteiger partial charge in [-0.25, -0.2) is 9.97 Å². The van der Waals surface area contributed by atoms with Crippen molar-refractivity contribution in [3.8, 4) is 11.4 Å². The molecule has 0 saturated heterocycles. The van der Waals surface area contributed by atoms with E-state index in [2.05, 4.69) is 15.0 Å². The molecule has 0 aliphatic heterocycles. The Bertz CT molecular complexity index is 472. The van der Waals surface area contributed by atoms with Gasteiger partial charge in [0, 0.05) is 18.8 Å². The summed E-state index contributed by atoms with van der Waals surface area (Å²) >= 11 is 5.78. The second-order valence-electron chi connectivity index (χ2n) is 2.94. The quantitative estimate of drug-likeness (QED) is 0.782. The van der Waals surface area contributed by atoms with Gasteiger partial charge in [-0.3, -0.25) is 4.98 Å². The first-order valence-corrected chi connectivity index (χ1v) is 4.81. The summed E-state index contributed by atoms with van der Waals surface area (Å²) in [5, 5.41) is 0.397. The van der Waals surface area contributed by atoms with Crippen molar-refractivity contribution in [1.82, 2.24) is 15.0 Å². The van der Waals surface area contributed by atoms with Crippen molar-refractivity contribution >= 4 is 11.6 Å². The van der Waals surface area contributed by atoms with Crippen LogP contribution in [0.3, 0.4) is 0 Å². The standard InChI is InChI=1S/C10H9ClN4/c11-9-4-8(14-6-15-9)10-7(5-12)2-1-3-13-10/h1-4,6H,5,12H2. The molecular weight excluding hydrogens is 212 g/mol. The Labute approximate surface area is 92.2 Å². The minimum Gasteiger partial charge on any atom is -0.326 e. The molecule has 2 rings (SSSR count). The lowest BCUT2D eigenvalue weighted by molar-refractivity contribution is 1.04. The molecule has 0 spiro atoms. The molecule has 2 N–H and O–H groups in total. The van der Waals surface area contributed by atoms with Crippen LogP contribution in [0.2, 0.25) is 5.15 Å². The largest absolute Gasteiger partial charge is 0.326 e. The van der Waals surface area contributed by atoms with Crippen molar-refractivity contribution in [2.75, 3.05) is 0 Å². The molecule has 0 amide bonds. The molecule has 0 aromatic carbocycles. The summed E-state index contributed by atoms with van der Waals surface area (Å²) in [5.74, 6) is 0. The third-order valence-corrected chi connectivity index (χ3v) is 2.19. The molecule has 2 heterocycles. The molecule has 15 heavy (non-hydrogen) atoms. The topological polar surface area (TPSA) is 64.7 Å². The van der Waals surface area contributed by atoms with E-state index in [1.807, 2.05) is 12.1 Å². The van der Waals surface area contributed by atoms with Gasteiger partial charge in [0.15, 0.2) is 0 Å². The summed E-state index contributed by atoms with van der Waals surface area (Å²) in [6.07, 6.45) is 3.11. The van der Waals surface area contributed by atoms with E-state index >= 15 is 0 Å². The van der Waals surface area contributed by atoms with E-state index in [1.165, 1.54) is 6.33 Å². The Morgan fingerprint density at radius 3 is 2.87 bits per heavy atom. The number of halogens is 1. The summed E-state index contributed by atoms with van der Waals surface area (Å²) in [6, 6.07) is 5.43. The highest BCUT2D eigenvalue weighted by molar-refractivity contribution is 6.29. The molecule has 0 bridgehead atoms. The van der Waals surface area contributed by atoms with E-state index in [4.69, 9.17) is 17.3 Å². The number of hydrogen-bond acceptors (Lipinski definition) is 4. The van der Waals surface area contributed by atoms with Gasteiger partial charge in [0.2, 0.25) is 0 Å². The van der Waals surface area contributed by atoms with Crippen LogP contribution in [0.1, 0.15) is 5.56 Å². The van der Waals surface area contributed by atoms with E-state index in [0.29, 0.717) is 17.4 Å². The molecule has 76 valence electrons. The van der Waals surface area contributed by atoms with Crippen LogP contribution in [0.4, 0.5) is 0 Å². The van der Waals surface area contributed by atoms with E-state index in [-0.39, 0.29) is 0 Å². The van der Waals surface area contributed by atoms with Crippen molar-refractivity contribution in [1.29, 1.82) is 0 Å². The highest BCUT2D eigenvalue weighted by atomic mass is 35.5. The number of hydrogen-bond donors (Lipinski definition) is 1. The van der Waals surface area contributed by atoms with Crippen molar-refractivity contribution in [2.24, 2.45) is 5.73 Å². The lowest BCUT2D eigenvalue weighted by atomic mass is 10.1. The number of aromatic nitrogens is 3. The molecule has 5 heteroatoms. The fourth-order valence-electron chi connectivity index (χ4n) is 1.30. The van der Waals surface area contributed by atoms with Crippen molar-refractivity contribution < 1.29 is 0 Å². The van der Waals surface area contributed by atoms with Gasteiger partial charge in [-0.05, 0) is 11.6 Å². The van der Waals surface area contributed by atoms with Gasteiger partial charge in [0.1, 0.15) is 11.5 Å². The lowest BCUT2D eigenvalue weighted by Gasteiger charge is -2.04. The number of nitrogens with zero attached hydrogens (tertiary/aromatic N) is 3. The Morgan fingerprint density at radius 2 is 2.13 bits per heavy atom. The Balaban J connectivity index is 2.53. The van der Waals surface area contributed by atoms with Crippen LogP contribution in [0.5, 0.6) is 0 Å². The Morgan fingerprint density at radius 1 is 1.27 bits per heavy atom. The predicted octanol–water partition coefficient (Wildman–Crippen LogP) is 1.65. The monoisotopic (exact) mass is 220 g/mol. The van der Waals surface area contributed by atoms with Crippen molar-refractivity contribution in [3.05, 3.63) is 41.4 Å². The summed E-state index contributed by atoms with van der Waals surface area (Å²) < 4.78 is 0. The zero-order valence-electron chi connectivity index (χ0n) is 7.89. The second-order valence-corrected chi connectivity index (χ2v) is 3.33. The third kappa shape index (κ3) is 2.11. The van der Waals surface area contributed by atoms with Crippen LogP contribution in [-0.2, 0) is 6.54 Å². The Kier molecular flexibility index (Phi) is 2.89. The molecular formula is C10H9ClN4. The van der Waals surface area contributed by atoms with Gasteiger partial charge in [-0.15, -0.1) is 0 Å². The third-order valence-electron chi connectivity index (χ3n) is 1.99.